The summed E-state index contributed by atoms with van der Waals surface area (Å²) in [6, 6.07) is 16.2. The number of guanidine groups is 1. The second-order valence-electron chi connectivity index (χ2n) is 6.28. The van der Waals surface area contributed by atoms with Crippen molar-refractivity contribution in [2.24, 2.45) is 4.99 Å². The minimum atomic E-state index is 0. The predicted octanol–water partition coefficient (Wildman–Crippen LogP) is 3.78. The first kappa shape index (κ1) is 22.7. The molecule has 3 rings (SSSR count). The molecule has 7 heteroatoms. The predicted molar refractivity (Wildman–Crippen MR) is 129 cm³/mol. The highest BCUT2D eigenvalue weighted by molar-refractivity contribution is 14.0. The summed E-state index contributed by atoms with van der Waals surface area (Å²) in [6.07, 6.45) is 2.67. The van der Waals surface area contributed by atoms with Gasteiger partial charge in [0.2, 0.25) is 0 Å². The van der Waals surface area contributed by atoms with Crippen LogP contribution in [0.4, 0.5) is 0 Å². The van der Waals surface area contributed by atoms with E-state index in [0.717, 1.165) is 46.9 Å². The lowest BCUT2D eigenvalue weighted by atomic mass is 10.1. The fraction of sp³-hybridized carbons (Fsp3) is 0.273. The van der Waals surface area contributed by atoms with E-state index in [2.05, 4.69) is 38.8 Å². The van der Waals surface area contributed by atoms with Crippen LogP contribution in [0, 0.1) is 0 Å². The van der Waals surface area contributed by atoms with E-state index in [1.54, 1.807) is 21.3 Å². The monoisotopic (exact) mass is 506 g/mol. The first-order valence-corrected chi connectivity index (χ1v) is 9.23. The number of halogens is 1. The Bertz CT molecular complexity index is 957. The third-order valence-corrected chi connectivity index (χ3v) is 4.54. The number of nitrogens with one attached hydrogen (secondary N) is 2. The van der Waals surface area contributed by atoms with Crippen LogP contribution in [-0.2, 0) is 13.0 Å². The van der Waals surface area contributed by atoms with E-state index in [-0.39, 0.29) is 24.0 Å². The van der Waals surface area contributed by atoms with Crippen LogP contribution in [0.5, 0.6) is 11.5 Å². The third-order valence-electron chi connectivity index (χ3n) is 4.54. The van der Waals surface area contributed by atoms with Crippen LogP contribution in [0.15, 0.2) is 59.7 Å². The summed E-state index contributed by atoms with van der Waals surface area (Å²) >= 11 is 0. The number of hydrogen-bond acceptors (Lipinski definition) is 4. The van der Waals surface area contributed by atoms with Gasteiger partial charge in [0.25, 0.3) is 0 Å². The Morgan fingerprint density at radius 3 is 2.55 bits per heavy atom. The fourth-order valence-corrected chi connectivity index (χ4v) is 3.07. The van der Waals surface area contributed by atoms with Gasteiger partial charge in [-0.15, -0.1) is 24.0 Å². The number of rotatable bonds is 7. The maximum atomic E-state index is 5.36. The number of fused-ring (bicyclic) bond motifs is 1. The van der Waals surface area contributed by atoms with E-state index in [1.165, 1.54) is 5.56 Å². The Kier molecular flexibility index (Phi) is 8.98. The first-order chi connectivity index (χ1) is 13.7. The third kappa shape index (κ3) is 5.96. The minimum absolute atomic E-state index is 0. The molecule has 2 N–H and O–H groups in total. The van der Waals surface area contributed by atoms with Gasteiger partial charge in [-0.05, 0) is 35.7 Å². The van der Waals surface area contributed by atoms with Crippen molar-refractivity contribution < 1.29 is 9.47 Å². The zero-order chi connectivity index (χ0) is 19.8. The summed E-state index contributed by atoms with van der Waals surface area (Å²) < 4.78 is 10.6. The van der Waals surface area contributed by atoms with Gasteiger partial charge in [0.15, 0.2) is 17.5 Å². The van der Waals surface area contributed by atoms with E-state index in [1.807, 2.05) is 36.5 Å². The second-order valence-corrected chi connectivity index (χ2v) is 6.28. The van der Waals surface area contributed by atoms with Gasteiger partial charge in [-0.1, -0.05) is 30.3 Å². The molecule has 0 bridgehead atoms. The molecule has 3 aromatic rings. The summed E-state index contributed by atoms with van der Waals surface area (Å²) in [5, 5.41) is 7.85. The van der Waals surface area contributed by atoms with Gasteiger partial charge in [0.1, 0.15) is 0 Å². The maximum absolute atomic E-state index is 5.36. The average molecular weight is 506 g/mol. The van der Waals surface area contributed by atoms with E-state index < -0.39 is 0 Å². The Labute approximate surface area is 188 Å². The molecule has 0 atom stereocenters. The molecule has 0 radical (unpaired) electrons. The Morgan fingerprint density at radius 1 is 1.00 bits per heavy atom. The molecule has 2 aromatic carbocycles. The lowest BCUT2D eigenvalue weighted by molar-refractivity contribution is 0.354. The van der Waals surface area contributed by atoms with Crippen LogP contribution >= 0.6 is 24.0 Å². The molecule has 1 heterocycles. The molecule has 0 aliphatic carbocycles. The number of hydrogen-bond donors (Lipinski definition) is 2. The molecule has 0 unspecified atom stereocenters. The SMILES string of the molecule is CN=C(NCCc1ccc(OC)c(OC)c1)NCc1cccc2cccnc12.I. The van der Waals surface area contributed by atoms with Gasteiger partial charge in [-0.3, -0.25) is 9.98 Å². The average Bonchev–Trinajstić information content (AvgIpc) is 2.75. The molecule has 0 spiro atoms. The Morgan fingerprint density at radius 2 is 1.79 bits per heavy atom. The number of ether oxygens (including phenoxy) is 2. The molecule has 0 saturated carbocycles. The smallest absolute Gasteiger partial charge is 0.191 e. The van der Waals surface area contributed by atoms with Crippen LogP contribution in [0.1, 0.15) is 11.1 Å². The maximum Gasteiger partial charge on any atom is 0.191 e. The standard InChI is InChI=1S/C22H26N4O2.HI/c1-23-22(25-13-11-16-9-10-19(27-2)20(14-16)28-3)26-15-18-7-4-6-17-8-5-12-24-21(17)18;/h4-10,12,14H,11,13,15H2,1-3H3,(H2,23,25,26);1H. The summed E-state index contributed by atoms with van der Waals surface area (Å²) in [6.45, 7) is 1.41. The molecule has 0 amide bonds. The largest absolute Gasteiger partial charge is 0.493 e. The van der Waals surface area contributed by atoms with Crippen LogP contribution in [0.2, 0.25) is 0 Å². The number of para-hydroxylation sites is 1. The highest BCUT2D eigenvalue weighted by Crippen LogP contribution is 2.27. The van der Waals surface area contributed by atoms with Crippen molar-refractivity contribution in [3.63, 3.8) is 0 Å². The van der Waals surface area contributed by atoms with Gasteiger partial charge in [-0.25, -0.2) is 0 Å². The lowest BCUT2D eigenvalue weighted by Gasteiger charge is -2.13. The van der Waals surface area contributed by atoms with E-state index >= 15 is 0 Å². The van der Waals surface area contributed by atoms with E-state index in [0.29, 0.717) is 6.54 Å². The molecular weight excluding hydrogens is 479 g/mol. The van der Waals surface area contributed by atoms with Crippen LogP contribution < -0.4 is 20.1 Å². The second kappa shape index (κ2) is 11.5. The van der Waals surface area contributed by atoms with Crippen LogP contribution in [0.3, 0.4) is 0 Å². The van der Waals surface area contributed by atoms with Crippen molar-refractivity contribution in [2.75, 3.05) is 27.8 Å². The molecule has 154 valence electrons. The number of methoxy groups -OCH3 is 2. The Balaban J connectivity index is 0.00000300. The van der Waals surface area contributed by atoms with Gasteiger partial charge in [-0.2, -0.15) is 0 Å². The number of aromatic nitrogens is 1. The topological polar surface area (TPSA) is 67.8 Å². The van der Waals surface area contributed by atoms with E-state index in [4.69, 9.17) is 9.47 Å². The van der Waals surface area contributed by atoms with Gasteiger partial charge in [0.05, 0.1) is 19.7 Å². The first-order valence-electron chi connectivity index (χ1n) is 9.23. The highest BCUT2D eigenvalue weighted by Gasteiger charge is 2.06. The lowest BCUT2D eigenvalue weighted by Crippen LogP contribution is -2.37. The van der Waals surface area contributed by atoms with Crippen LogP contribution in [0.25, 0.3) is 10.9 Å². The zero-order valence-electron chi connectivity index (χ0n) is 16.9. The fourth-order valence-electron chi connectivity index (χ4n) is 3.07. The van der Waals surface area contributed by atoms with Crippen molar-refractivity contribution in [3.05, 3.63) is 65.9 Å². The highest BCUT2D eigenvalue weighted by atomic mass is 127. The van der Waals surface area contributed by atoms with Gasteiger partial charge >= 0.3 is 0 Å². The summed E-state index contributed by atoms with van der Waals surface area (Å²) in [7, 11) is 5.06. The summed E-state index contributed by atoms with van der Waals surface area (Å²) in [5.74, 6) is 2.24. The van der Waals surface area contributed by atoms with Crippen molar-refractivity contribution in [1.82, 2.24) is 15.6 Å². The number of pyridine rings is 1. The van der Waals surface area contributed by atoms with Crippen LogP contribution in [-0.4, -0.2) is 38.8 Å². The molecule has 0 saturated heterocycles. The molecule has 29 heavy (non-hydrogen) atoms. The summed E-state index contributed by atoms with van der Waals surface area (Å²) in [5.41, 5.74) is 3.32. The normalized spacial score (nSPS) is 10.9. The van der Waals surface area contributed by atoms with Gasteiger partial charge in [0, 0.05) is 31.7 Å². The number of benzene rings is 2. The number of nitrogens with zero attached hydrogens (tertiary/aromatic N) is 2. The zero-order valence-corrected chi connectivity index (χ0v) is 19.3. The minimum Gasteiger partial charge on any atom is -0.493 e. The van der Waals surface area contributed by atoms with Crippen molar-refractivity contribution in [1.29, 1.82) is 0 Å². The summed E-state index contributed by atoms with van der Waals surface area (Å²) in [4.78, 5) is 8.80. The molecule has 6 nitrogen and oxygen atoms in total. The van der Waals surface area contributed by atoms with Gasteiger partial charge < -0.3 is 20.1 Å². The van der Waals surface area contributed by atoms with E-state index in [9.17, 15) is 0 Å². The molecule has 0 aliphatic rings. The molecule has 0 fully saturated rings. The quantitative estimate of drug-likeness (QED) is 0.290. The van der Waals surface area contributed by atoms with Crippen molar-refractivity contribution in [2.45, 2.75) is 13.0 Å². The number of aliphatic imine (C=N–C) groups is 1. The molecule has 1 aromatic heterocycles. The van der Waals surface area contributed by atoms with Crippen molar-refractivity contribution in [3.8, 4) is 11.5 Å². The molecular formula is C22H27IN4O2. The van der Waals surface area contributed by atoms with Crippen molar-refractivity contribution >= 4 is 40.8 Å². The Hall–Kier alpha value is -2.55. The molecule has 0 aliphatic heterocycles.